The van der Waals surface area contributed by atoms with Crippen molar-refractivity contribution in [1.29, 1.82) is 0 Å². The monoisotopic (exact) mass is 259 g/mol. The molecule has 1 heterocycles. The molecule has 1 N–H and O–H groups in total. The molecular weight excluding hydrogens is 238 g/mol. The van der Waals surface area contributed by atoms with Gasteiger partial charge in [0, 0.05) is 0 Å². The smallest absolute Gasteiger partial charge is 0.313 e. The Morgan fingerprint density at radius 3 is 2.84 bits per heavy atom. The molecule has 0 amide bonds. The van der Waals surface area contributed by atoms with Gasteiger partial charge in [-0.1, -0.05) is 24.3 Å². The van der Waals surface area contributed by atoms with Crippen LogP contribution in [0.1, 0.15) is 43.2 Å². The maximum absolute atomic E-state index is 12.2. The molecule has 0 bridgehead atoms. The number of hydrogen-bond acceptors (Lipinski definition) is 3. The van der Waals surface area contributed by atoms with E-state index >= 15 is 0 Å². The first-order chi connectivity index (χ1) is 9.27. The van der Waals surface area contributed by atoms with Crippen LogP contribution in [0.15, 0.2) is 24.3 Å². The highest BCUT2D eigenvalue weighted by molar-refractivity contribution is 5.80. The fourth-order valence-corrected chi connectivity index (χ4v) is 3.73. The molecule has 2 aliphatic rings. The van der Waals surface area contributed by atoms with Crippen molar-refractivity contribution in [1.82, 2.24) is 5.32 Å². The molecule has 3 heteroatoms. The maximum Gasteiger partial charge on any atom is 0.313 e. The zero-order valence-electron chi connectivity index (χ0n) is 11.4. The van der Waals surface area contributed by atoms with Crippen LogP contribution in [-0.4, -0.2) is 25.7 Å². The summed E-state index contributed by atoms with van der Waals surface area (Å²) in [5.74, 6) is -0.111. The van der Waals surface area contributed by atoms with Gasteiger partial charge >= 0.3 is 5.97 Å². The van der Waals surface area contributed by atoms with Gasteiger partial charge in [0.2, 0.25) is 0 Å². The Hall–Kier alpha value is -1.35. The van der Waals surface area contributed by atoms with Gasteiger partial charge in [-0.15, -0.1) is 0 Å². The third kappa shape index (κ3) is 2.06. The molecule has 1 saturated heterocycles. The molecule has 3 nitrogen and oxygen atoms in total. The predicted octanol–water partition coefficient (Wildman–Crippen LogP) is 2.36. The molecule has 0 saturated carbocycles. The van der Waals surface area contributed by atoms with E-state index in [4.69, 9.17) is 4.74 Å². The first kappa shape index (κ1) is 12.7. The lowest BCUT2D eigenvalue weighted by molar-refractivity contribution is -0.145. The van der Waals surface area contributed by atoms with E-state index in [1.807, 2.05) is 13.0 Å². The van der Waals surface area contributed by atoms with Gasteiger partial charge in [-0.2, -0.15) is 0 Å². The molecule has 1 atom stereocenters. The number of esters is 1. The van der Waals surface area contributed by atoms with Crippen LogP contribution in [-0.2, 0) is 14.9 Å². The minimum Gasteiger partial charge on any atom is -0.466 e. The molecular formula is C16H21NO2. The number of piperidine rings is 1. The topological polar surface area (TPSA) is 38.3 Å². The third-order valence-corrected chi connectivity index (χ3v) is 4.63. The Morgan fingerprint density at radius 1 is 1.37 bits per heavy atom. The van der Waals surface area contributed by atoms with Crippen molar-refractivity contribution >= 4 is 5.97 Å². The van der Waals surface area contributed by atoms with Crippen LogP contribution in [0.4, 0.5) is 0 Å². The Bertz CT molecular complexity index is 477. The molecule has 1 aliphatic heterocycles. The molecule has 3 rings (SSSR count). The van der Waals surface area contributed by atoms with E-state index in [0.29, 0.717) is 6.61 Å². The Morgan fingerprint density at radius 2 is 2.11 bits per heavy atom. The fraction of sp³-hybridized carbons (Fsp3) is 0.562. The standard InChI is InChI=1S/C16H21NO2/c1-2-19-15(18)13-11-16(7-9-17-10-8-16)14-6-4-3-5-12(13)14/h3-6,13,17H,2,7-11H2,1H3/t13-/m0/s1. The van der Waals surface area contributed by atoms with Crippen LogP contribution >= 0.6 is 0 Å². The van der Waals surface area contributed by atoms with Crippen molar-refractivity contribution in [3.63, 3.8) is 0 Å². The lowest BCUT2D eigenvalue weighted by Crippen LogP contribution is -2.38. The van der Waals surface area contributed by atoms with Crippen molar-refractivity contribution in [2.45, 2.75) is 37.5 Å². The van der Waals surface area contributed by atoms with Gasteiger partial charge in [0.15, 0.2) is 0 Å². The lowest BCUT2D eigenvalue weighted by Gasteiger charge is -2.35. The maximum atomic E-state index is 12.2. The summed E-state index contributed by atoms with van der Waals surface area (Å²) in [4.78, 5) is 12.2. The minimum atomic E-state index is -0.0609. The molecule has 102 valence electrons. The van der Waals surface area contributed by atoms with Crippen LogP contribution in [0.5, 0.6) is 0 Å². The molecule has 1 aromatic carbocycles. The van der Waals surface area contributed by atoms with Gasteiger partial charge in [0.25, 0.3) is 0 Å². The average Bonchev–Trinajstić information content (AvgIpc) is 2.76. The summed E-state index contributed by atoms with van der Waals surface area (Å²) >= 11 is 0. The molecule has 1 aromatic rings. The van der Waals surface area contributed by atoms with E-state index in [1.165, 1.54) is 11.1 Å². The Balaban J connectivity index is 1.97. The summed E-state index contributed by atoms with van der Waals surface area (Å²) in [6, 6.07) is 8.44. The summed E-state index contributed by atoms with van der Waals surface area (Å²) in [7, 11) is 0. The SMILES string of the molecule is CCOC(=O)[C@H]1CC2(CCNCC2)c2ccccc21. The van der Waals surface area contributed by atoms with Crippen LogP contribution in [0.2, 0.25) is 0 Å². The van der Waals surface area contributed by atoms with Gasteiger partial charge in [-0.05, 0) is 55.8 Å². The molecule has 0 radical (unpaired) electrons. The van der Waals surface area contributed by atoms with E-state index in [-0.39, 0.29) is 17.3 Å². The van der Waals surface area contributed by atoms with Crippen LogP contribution in [0, 0.1) is 0 Å². The molecule has 0 aromatic heterocycles. The first-order valence-electron chi connectivity index (χ1n) is 7.23. The number of nitrogens with one attached hydrogen (secondary N) is 1. The summed E-state index contributed by atoms with van der Waals surface area (Å²) in [5.41, 5.74) is 2.77. The first-order valence-corrected chi connectivity index (χ1v) is 7.23. The van der Waals surface area contributed by atoms with Gasteiger partial charge in [-0.3, -0.25) is 4.79 Å². The van der Waals surface area contributed by atoms with Gasteiger partial charge in [-0.25, -0.2) is 0 Å². The van der Waals surface area contributed by atoms with E-state index < -0.39 is 0 Å². The van der Waals surface area contributed by atoms with Crippen molar-refractivity contribution in [3.8, 4) is 0 Å². The largest absolute Gasteiger partial charge is 0.466 e. The third-order valence-electron chi connectivity index (χ3n) is 4.63. The van der Waals surface area contributed by atoms with Crippen LogP contribution < -0.4 is 5.32 Å². The van der Waals surface area contributed by atoms with Crippen molar-refractivity contribution < 1.29 is 9.53 Å². The molecule has 0 unspecified atom stereocenters. The van der Waals surface area contributed by atoms with E-state index in [1.54, 1.807) is 0 Å². The molecule has 1 spiro atoms. The van der Waals surface area contributed by atoms with E-state index in [9.17, 15) is 4.79 Å². The van der Waals surface area contributed by atoms with Crippen molar-refractivity contribution in [2.24, 2.45) is 0 Å². The normalized spacial score (nSPS) is 24.2. The average molecular weight is 259 g/mol. The Kier molecular flexibility index (Phi) is 3.31. The highest BCUT2D eigenvalue weighted by Crippen LogP contribution is 2.51. The van der Waals surface area contributed by atoms with Gasteiger partial charge in [0.05, 0.1) is 12.5 Å². The quantitative estimate of drug-likeness (QED) is 0.829. The molecule has 1 aliphatic carbocycles. The highest BCUT2D eigenvalue weighted by Gasteiger charge is 2.46. The van der Waals surface area contributed by atoms with E-state index in [2.05, 4.69) is 23.5 Å². The second kappa shape index (κ2) is 4.97. The fourth-order valence-electron chi connectivity index (χ4n) is 3.73. The number of hydrogen-bond donors (Lipinski definition) is 1. The molecule has 1 fully saturated rings. The second-order valence-corrected chi connectivity index (χ2v) is 5.63. The zero-order chi connectivity index (χ0) is 13.3. The predicted molar refractivity (Wildman–Crippen MR) is 74.2 cm³/mol. The number of carbonyl (C=O) groups excluding carboxylic acids is 1. The number of benzene rings is 1. The number of carbonyl (C=O) groups is 1. The highest BCUT2D eigenvalue weighted by atomic mass is 16.5. The van der Waals surface area contributed by atoms with Crippen LogP contribution in [0.25, 0.3) is 0 Å². The number of ether oxygens (including phenoxy) is 1. The Labute approximate surface area is 114 Å². The zero-order valence-corrected chi connectivity index (χ0v) is 11.4. The van der Waals surface area contributed by atoms with Gasteiger partial charge < -0.3 is 10.1 Å². The van der Waals surface area contributed by atoms with Crippen molar-refractivity contribution in [2.75, 3.05) is 19.7 Å². The van der Waals surface area contributed by atoms with Gasteiger partial charge in [0.1, 0.15) is 0 Å². The van der Waals surface area contributed by atoms with E-state index in [0.717, 1.165) is 32.4 Å². The number of rotatable bonds is 2. The number of fused-ring (bicyclic) bond motifs is 2. The summed E-state index contributed by atoms with van der Waals surface area (Å²) < 4.78 is 5.26. The van der Waals surface area contributed by atoms with Crippen LogP contribution in [0.3, 0.4) is 0 Å². The second-order valence-electron chi connectivity index (χ2n) is 5.63. The summed E-state index contributed by atoms with van der Waals surface area (Å²) in [6.07, 6.45) is 3.17. The summed E-state index contributed by atoms with van der Waals surface area (Å²) in [5, 5.41) is 3.42. The molecule has 19 heavy (non-hydrogen) atoms. The minimum absolute atomic E-state index is 0.0506. The summed E-state index contributed by atoms with van der Waals surface area (Å²) in [6.45, 7) is 4.43. The lowest BCUT2D eigenvalue weighted by atomic mass is 9.74. The van der Waals surface area contributed by atoms with Crippen molar-refractivity contribution in [3.05, 3.63) is 35.4 Å².